The summed E-state index contributed by atoms with van der Waals surface area (Å²) in [6.45, 7) is 8.55. The summed E-state index contributed by atoms with van der Waals surface area (Å²) in [7, 11) is 0. The van der Waals surface area contributed by atoms with E-state index >= 15 is 0 Å². The number of halogens is 1. The van der Waals surface area contributed by atoms with Crippen LogP contribution < -0.4 is 14.2 Å². The van der Waals surface area contributed by atoms with Gasteiger partial charge in [-0.15, -0.1) is 0 Å². The Morgan fingerprint density at radius 1 is 1.12 bits per heavy atom. The fraction of sp³-hybridized carbons (Fsp3) is 0.478. The van der Waals surface area contributed by atoms with Crippen LogP contribution in [0.1, 0.15) is 27.7 Å². The van der Waals surface area contributed by atoms with Gasteiger partial charge in [0.15, 0.2) is 11.8 Å². The summed E-state index contributed by atoms with van der Waals surface area (Å²) < 4.78 is 26.1. The third-order valence-corrected chi connectivity index (χ3v) is 5.60. The monoisotopic (exact) mass is 510 g/mol. The Labute approximate surface area is 208 Å². The van der Waals surface area contributed by atoms with Crippen LogP contribution in [-0.2, 0) is 9.47 Å². The molecule has 1 aromatic carbocycles. The first-order valence-corrected chi connectivity index (χ1v) is 12.9. The number of rotatable bonds is 6. The lowest BCUT2D eigenvalue weighted by atomic mass is 10.1. The number of hydrogen-bond donors (Lipinski definition) is 3. The molecule has 4 heterocycles. The average Bonchev–Trinajstić information content (AvgIpc) is 3.54. The number of nitrogens with one attached hydrogen (secondary N) is 2. The number of anilines is 1. The molecule has 0 radical (unpaired) electrons. The molecule has 5 rings (SSSR count). The molecule has 0 bridgehead atoms. The first kappa shape index (κ1) is 26.4. The van der Waals surface area contributed by atoms with Crippen LogP contribution in [0.4, 0.5) is 5.69 Å². The van der Waals surface area contributed by atoms with Crippen molar-refractivity contribution < 1.29 is 24.1 Å². The average molecular weight is 511 g/mol. The van der Waals surface area contributed by atoms with E-state index in [1.165, 1.54) is 11.9 Å². The van der Waals surface area contributed by atoms with Crippen molar-refractivity contribution in [3.8, 4) is 17.6 Å². The van der Waals surface area contributed by atoms with Gasteiger partial charge in [-0.05, 0) is 18.2 Å². The molecule has 0 amide bonds. The molecule has 3 aromatic rings. The number of benzene rings is 1. The summed E-state index contributed by atoms with van der Waals surface area (Å²) in [5.41, 5.74) is 1.93. The summed E-state index contributed by atoms with van der Waals surface area (Å²) in [4.78, 5) is 11.8. The number of nitrogens with zero attached hydrogens (tertiary/aromatic N) is 2. The third kappa shape index (κ3) is 5.87. The van der Waals surface area contributed by atoms with E-state index in [1.807, 2.05) is 58.2 Å². The number of imidazole rings is 1. The highest BCUT2D eigenvalue weighted by atomic mass is 35.5. The van der Waals surface area contributed by atoms with Crippen LogP contribution >= 0.6 is 23.5 Å². The van der Waals surface area contributed by atoms with E-state index in [0.717, 1.165) is 5.69 Å². The van der Waals surface area contributed by atoms with Crippen molar-refractivity contribution in [3.63, 3.8) is 0 Å². The molecule has 11 heteroatoms. The molecule has 2 aliphatic rings. The number of aliphatic hydroxyl groups excluding tert-OH is 1. The number of ether oxygens (including phenoxy) is 4. The van der Waals surface area contributed by atoms with Gasteiger partial charge >= 0.3 is 0 Å². The largest absolute Gasteiger partial charge is 0.456 e. The van der Waals surface area contributed by atoms with Crippen molar-refractivity contribution in [3.05, 3.63) is 35.4 Å². The molecular formula is C23H31ClN4O5S. The fourth-order valence-electron chi connectivity index (χ4n) is 3.55. The van der Waals surface area contributed by atoms with Crippen LogP contribution in [0.25, 0.3) is 11.2 Å². The standard InChI is InChI=1S/C19H19ClN4O5S.2C2H6/c1-30-24-9-3-2-4-10(5-9)28-18-11(20)6-12-17(22-18)23-19(21-12)29-14-8-27-15-13(25)7-26-16(14)15;2*1-2/h2-6,13-16,24-25H,7-8H2,1H3,(H,21,22,23);2*1-2H3/t13-,14-,15-,16-;;/m1../s1. The topological polar surface area (TPSA) is 111 Å². The minimum atomic E-state index is -0.635. The van der Waals surface area contributed by atoms with Gasteiger partial charge in [0.1, 0.15) is 29.1 Å². The van der Waals surface area contributed by atoms with Crippen molar-refractivity contribution in [1.82, 2.24) is 15.0 Å². The normalized spacial score (nSPS) is 22.8. The minimum absolute atomic E-state index is 0.237. The van der Waals surface area contributed by atoms with Gasteiger partial charge in [0, 0.05) is 18.0 Å². The summed E-state index contributed by atoms with van der Waals surface area (Å²) in [5.74, 6) is 0.843. The molecule has 2 aromatic heterocycles. The zero-order valence-electron chi connectivity index (χ0n) is 19.9. The highest BCUT2D eigenvalue weighted by Crippen LogP contribution is 2.33. The van der Waals surface area contributed by atoms with Crippen LogP contribution in [0.2, 0.25) is 5.02 Å². The summed E-state index contributed by atoms with van der Waals surface area (Å²) in [5, 5.41) is 10.2. The van der Waals surface area contributed by atoms with Gasteiger partial charge in [0.2, 0.25) is 5.88 Å². The Balaban J connectivity index is 0.000000771. The molecule has 0 spiro atoms. The highest BCUT2D eigenvalue weighted by molar-refractivity contribution is 7.99. The molecular weight excluding hydrogens is 480 g/mol. The molecule has 2 saturated heterocycles. The maximum Gasteiger partial charge on any atom is 0.296 e. The van der Waals surface area contributed by atoms with E-state index in [9.17, 15) is 5.11 Å². The number of aromatic amines is 1. The van der Waals surface area contributed by atoms with Crippen molar-refractivity contribution in [2.24, 2.45) is 0 Å². The molecule has 0 aliphatic carbocycles. The summed E-state index contributed by atoms with van der Waals surface area (Å²) >= 11 is 7.85. The van der Waals surface area contributed by atoms with Crippen molar-refractivity contribution in [2.45, 2.75) is 52.1 Å². The quantitative estimate of drug-likeness (QED) is 0.392. The first-order chi connectivity index (χ1) is 16.6. The van der Waals surface area contributed by atoms with E-state index < -0.39 is 6.10 Å². The van der Waals surface area contributed by atoms with Crippen molar-refractivity contribution >= 4 is 40.4 Å². The van der Waals surface area contributed by atoms with E-state index in [1.54, 1.807) is 6.07 Å². The molecule has 9 nitrogen and oxygen atoms in total. The maximum atomic E-state index is 9.85. The van der Waals surface area contributed by atoms with Crippen molar-refractivity contribution in [2.75, 3.05) is 24.2 Å². The van der Waals surface area contributed by atoms with Crippen LogP contribution in [0.15, 0.2) is 30.3 Å². The van der Waals surface area contributed by atoms with E-state index in [4.69, 9.17) is 30.5 Å². The fourth-order valence-corrected chi connectivity index (χ4v) is 4.10. The Kier molecular flexibility index (Phi) is 9.66. The second-order valence-corrected chi connectivity index (χ2v) is 7.96. The van der Waals surface area contributed by atoms with E-state index in [2.05, 4.69) is 19.7 Å². The van der Waals surface area contributed by atoms with Gasteiger partial charge in [-0.3, -0.25) is 0 Å². The van der Waals surface area contributed by atoms with Gasteiger partial charge in [-0.2, -0.15) is 9.97 Å². The van der Waals surface area contributed by atoms with Crippen LogP contribution in [0.5, 0.6) is 17.6 Å². The Morgan fingerprint density at radius 2 is 1.88 bits per heavy atom. The summed E-state index contributed by atoms with van der Waals surface area (Å²) in [6.07, 6.45) is 0.236. The number of H-pyrrole nitrogens is 1. The maximum absolute atomic E-state index is 9.85. The van der Waals surface area contributed by atoms with Gasteiger partial charge in [0.05, 0.1) is 18.7 Å². The molecule has 186 valence electrons. The van der Waals surface area contributed by atoms with E-state index in [-0.39, 0.29) is 36.8 Å². The zero-order valence-corrected chi connectivity index (χ0v) is 21.4. The van der Waals surface area contributed by atoms with Gasteiger partial charge < -0.3 is 33.8 Å². The third-order valence-electron chi connectivity index (χ3n) is 4.89. The Morgan fingerprint density at radius 3 is 2.65 bits per heavy atom. The number of aliphatic hydroxyl groups is 1. The molecule has 2 aliphatic heterocycles. The molecule has 4 atom stereocenters. The summed E-state index contributed by atoms with van der Waals surface area (Å²) in [6, 6.07) is 9.44. The van der Waals surface area contributed by atoms with Gasteiger partial charge in [-0.25, -0.2) is 0 Å². The molecule has 3 N–H and O–H groups in total. The molecule has 34 heavy (non-hydrogen) atoms. The number of aromatic nitrogens is 3. The smallest absolute Gasteiger partial charge is 0.296 e. The SMILES string of the molecule is CC.CC.CSNc1cccc(Oc2nc3nc(O[C@@H]4CO[C@H]5[C@@H]4OC[C@H]5O)[nH]c3cc2Cl)c1. The Bertz CT molecular complexity index is 1070. The lowest BCUT2D eigenvalue weighted by Crippen LogP contribution is -2.34. The lowest BCUT2D eigenvalue weighted by Gasteiger charge is -2.15. The second-order valence-electron chi connectivity index (χ2n) is 6.94. The van der Waals surface area contributed by atoms with Crippen molar-refractivity contribution in [1.29, 1.82) is 0 Å². The Hall–Kier alpha value is -2.24. The first-order valence-electron chi connectivity index (χ1n) is 11.3. The van der Waals surface area contributed by atoms with E-state index in [0.29, 0.717) is 28.5 Å². The predicted molar refractivity (Wildman–Crippen MR) is 135 cm³/mol. The molecule has 0 saturated carbocycles. The van der Waals surface area contributed by atoms with Crippen LogP contribution in [0, 0.1) is 0 Å². The predicted octanol–water partition coefficient (Wildman–Crippen LogP) is 5.05. The number of pyridine rings is 1. The second kappa shape index (κ2) is 12.5. The van der Waals surface area contributed by atoms with Gasteiger partial charge in [-0.1, -0.05) is 57.3 Å². The van der Waals surface area contributed by atoms with Crippen LogP contribution in [0.3, 0.4) is 0 Å². The minimum Gasteiger partial charge on any atom is -0.456 e. The van der Waals surface area contributed by atoms with Crippen LogP contribution in [-0.4, -0.2) is 63.9 Å². The highest BCUT2D eigenvalue weighted by Gasteiger charge is 2.48. The van der Waals surface area contributed by atoms with Gasteiger partial charge in [0.25, 0.3) is 6.01 Å². The number of hydrogen-bond acceptors (Lipinski definition) is 9. The molecule has 2 fully saturated rings. The zero-order chi connectivity index (χ0) is 24.7. The number of fused-ring (bicyclic) bond motifs is 2. The lowest BCUT2D eigenvalue weighted by molar-refractivity contribution is 0.00706. The molecule has 0 unspecified atom stereocenters.